The van der Waals surface area contributed by atoms with Gasteiger partial charge in [-0.15, -0.1) is 11.3 Å². The van der Waals surface area contributed by atoms with Crippen LogP contribution in [-0.2, 0) is 6.42 Å². The lowest BCUT2D eigenvalue weighted by Gasteiger charge is -2.32. The predicted octanol–water partition coefficient (Wildman–Crippen LogP) is 4.52. The Balaban J connectivity index is 2.06. The number of amides is 1. The quantitative estimate of drug-likeness (QED) is 0.800. The zero-order chi connectivity index (χ0) is 17.6. The van der Waals surface area contributed by atoms with Crippen molar-refractivity contribution >= 4 is 27.5 Å². The fourth-order valence-corrected chi connectivity index (χ4v) is 4.43. The normalized spacial score (nSPS) is 16.0. The van der Waals surface area contributed by atoms with Gasteiger partial charge >= 0.3 is 0 Å². The number of hydrogen-bond acceptors (Lipinski definition) is 4. The Labute approximate surface area is 148 Å². The second-order valence-electron chi connectivity index (χ2n) is 7.24. The molecule has 5 heteroatoms. The van der Waals surface area contributed by atoms with E-state index in [0.29, 0.717) is 12.0 Å². The third-order valence-corrected chi connectivity index (χ3v) is 6.28. The Morgan fingerprint density at radius 2 is 1.92 bits per heavy atom. The van der Waals surface area contributed by atoms with Crippen molar-refractivity contribution in [1.82, 2.24) is 14.9 Å². The molecule has 24 heavy (non-hydrogen) atoms. The molecule has 1 aliphatic carbocycles. The van der Waals surface area contributed by atoms with E-state index in [-0.39, 0.29) is 11.9 Å². The van der Waals surface area contributed by atoms with Crippen LogP contribution in [0.15, 0.2) is 0 Å². The molecule has 1 aliphatic rings. The Kier molecular flexibility index (Phi) is 4.65. The Hall–Kier alpha value is -1.49. The van der Waals surface area contributed by atoms with Crippen LogP contribution in [-0.4, -0.2) is 32.9 Å². The van der Waals surface area contributed by atoms with E-state index >= 15 is 0 Å². The highest BCUT2D eigenvalue weighted by atomic mass is 32.1. The van der Waals surface area contributed by atoms with Crippen molar-refractivity contribution in [2.24, 2.45) is 5.92 Å². The Morgan fingerprint density at radius 3 is 2.46 bits per heavy atom. The standard InChI is InChI=1S/C19H27N3OS/c1-7-15-20-12(5)16-11(4)17(24-18(16)21-15)19(23)22(14-8-9-14)13(6)10(2)3/h10,13-14H,7-9H2,1-6H3. The van der Waals surface area contributed by atoms with Crippen LogP contribution in [0.1, 0.15) is 67.3 Å². The lowest BCUT2D eigenvalue weighted by atomic mass is 10.0. The van der Waals surface area contributed by atoms with Crippen LogP contribution in [0.2, 0.25) is 0 Å². The van der Waals surface area contributed by atoms with Crippen LogP contribution in [0.5, 0.6) is 0 Å². The van der Waals surface area contributed by atoms with Crippen molar-refractivity contribution in [3.63, 3.8) is 0 Å². The minimum Gasteiger partial charge on any atom is -0.332 e. The van der Waals surface area contributed by atoms with Gasteiger partial charge in [-0.1, -0.05) is 20.8 Å². The lowest BCUT2D eigenvalue weighted by molar-refractivity contribution is 0.0632. The summed E-state index contributed by atoms with van der Waals surface area (Å²) < 4.78 is 0. The molecule has 0 radical (unpaired) electrons. The maximum absolute atomic E-state index is 13.3. The van der Waals surface area contributed by atoms with Gasteiger partial charge in [0.05, 0.1) is 4.88 Å². The van der Waals surface area contributed by atoms with Crippen molar-refractivity contribution in [2.75, 3.05) is 0 Å². The summed E-state index contributed by atoms with van der Waals surface area (Å²) in [7, 11) is 0. The van der Waals surface area contributed by atoms with E-state index in [9.17, 15) is 4.79 Å². The molecule has 2 heterocycles. The van der Waals surface area contributed by atoms with Gasteiger partial charge in [0.15, 0.2) is 0 Å². The molecule has 130 valence electrons. The van der Waals surface area contributed by atoms with E-state index in [1.165, 1.54) is 11.3 Å². The van der Waals surface area contributed by atoms with Crippen LogP contribution in [0.25, 0.3) is 10.2 Å². The number of aromatic nitrogens is 2. The van der Waals surface area contributed by atoms with Gasteiger partial charge < -0.3 is 4.90 Å². The molecule has 2 aromatic rings. The highest BCUT2D eigenvalue weighted by molar-refractivity contribution is 7.20. The third-order valence-electron chi connectivity index (χ3n) is 5.11. The molecule has 1 fully saturated rings. The lowest BCUT2D eigenvalue weighted by Crippen LogP contribution is -2.43. The van der Waals surface area contributed by atoms with Crippen LogP contribution in [0, 0.1) is 19.8 Å². The first-order chi connectivity index (χ1) is 11.3. The number of carbonyl (C=O) groups excluding carboxylic acids is 1. The molecule has 0 bridgehead atoms. The molecule has 4 nitrogen and oxygen atoms in total. The van der Waals surface area contributed by atoms with Gasteiger partial charge in [-0.3, -0.25) is 4.79 Å². The first kappa shape index (κ1) is 17.3. The molecule has 1 saturated carbocycles. The SMILES string of the molecule is CCc1nc(C)c2c(C)c(C(=O)N(C3CC3)C(C)C(C)C)sc2n1. The third kappa shape index (κ3) is 2.94. The van der Waals surface area contributed by atoms with Crippen LogP contribution in [0.3, 0.4) is 0 Å². The minimum absolute atomic E-state index is 0.177. The predicted molar refractivity (Wildman–Crippen MR) is 99.8 cm³/mol. The Bertz CT molecular complexity index is 777. The van der Waals surface area contributed by atoms with Crippen LogP contribution in [0.4, 0.5) is 0 Å². The number of aryl methyl sites for hydroxylation is 3. The van der Waals surface area contributed by atoms with Gasteiger partial charge in [-0.25, -0.2) is 9.97 Å². The highest BCUT2D eigenvalue weighted by Gasteiger charge is 2.38. The molecule has 3 rings (SSSR count). The number of fused-ring (bicyclic) bond motifs is 1. The molecule has 0 aromatic carbocycles. The molecule has 1 amide bonds. The largest absolute Gasteiger partial charge is 0.332 e. The van der Waals surface area contributed by atoms with Gasteiger partial charge in [0, 0.05) is 29.6 Å². The van der Waals surface area contributed by atoms with Gasteiger partial charge in [0.25, 0.3) is 5.91 Å². The smallest absolute Gasteiger partial charge is 0.264 e. The average molecular weight is 346 g/mol. The maximum atomic E-state index is 13.3. The average Bonchev–Trinajstić information content (AvgIpc) is 3.30. The summed E-state index contributed by atoms with van der Waals surface area (Å²) in [6.45, 7) is 12.7. The first-order valence-electron chi connectivity index (χ1n) is 8.94. The summed E-state index contributed by atoms with van der Waals surface area (Å²) in [5.74, 6) is 1.49. The van der Waals surface area contributed by atoms with E-state index in [2.05, 4.69) is 42.6 Å². The van der Waals surface area contributed by atoms with Gasteiger partial charge in [-0.05, 0) is 45.1 Å². The van der Waals surface area contributed by atoms with E-state index in [4.69, 9.17) is 0 Å². The van der Waals surface area contributed by atoms with Crippen molar-refractivity contribution < 1.29 is 4.79 Å². The fourth-order valence-electron chi connectivity index (χ4n) is 3.23. The summed E-state index contributed by atoms with van der Waals surface area (Å²) in [6, 6.07) is 0.672. The van der Waals surface area contributed by atoms with Crippen molar-refractivity contribution in [3.05, 3.63) is 22.0 Å². The molecule has 0 saturated heterocycles. The number of nitrogens with zero attached hydrogens (tertiary/aromatic N) is 3. The summed E-state index contributed by atoms with van der Waals surface area (Å²) >= 11 is 1.54. The summed E-state index contributed by atoms with van der Waals surface area (Å²) in [4.78, 5) is 26.5. The van der Waals surface area contributed by atoms with Crippen molar-refractivity contribution in [3.8, 4) is 0 Å². The molecule has 0 aliphatic heterocycles. The monoisotopic (exact) mass is 345 g/mol. The van der Waals surface area contributed by atoms with E-state index < -0.39 is 0 Å². The van der Waals surface area contributed by atoms with Crippen molar-refractivity contribution in [1.29, 1.82) is 0 Å². The van der Waals surface area contributed by atoms with Crippen LogP contribution >= 0.6 is 11.3 Å². The van der Waals surface area contributed by atoms with Gasteiger partial charge in [0.2, 0.25) is 0 Å². The molecule has 0 N–H and O–H groups in total. The maximum Gasteiger partial charge on any atom is 0.264 e. The highest BCUT2D eigenvalue weighted by Crippen LogP contribution is 2.37. The van der Waals surface area contributed by atoms with E-state index in [1.54, 1.807) is 0 Å². The molecule has 2 aromatic heterocycles. The number of thiophene rings is 1. The van der Waals surface area contributed by atoms with Gasteiger partial charge in [0.1, 0.15) is 10.7 Å². The second-order valence-corrected chi connectivity index (χ2v) is 8.24. The van der Waals surface area contributed by atoms with E-state index in [0.717, 1.165) is 51.4 Å². The number of hydrogen-bond donors (Lipinski definition) is 0. The van der Waals surface area contributed by atoms with Gasteiger partial charge in [-0.2, -0.15) is 0 Å². The molecular formula is C19H27N3OS. The topological polar surface area (TPSA) is 46.1 Å². The second kappa shape index (κ2) is 6.43. The molecule has 0 spiro atoms. The zero-order valence-corrected chi connectivity index (χ0v) is 16.3. The summed E-state index contributed by atoms with van der Waals surface area (Å²) in [5.41, 5.74) is 2.03. The molecule has 1 unspecified atom stereocenters. The first-order valence-corrected chi connectivity index (χ1v) is 9.76. The minimum atomic E-state index is 0.177. The zero-order valence-electron chi connectivity index (χ0n) is 15.5. The Morgan fingerprint density at radius 1 is 1.25 bits per heavy atom. The summed E-state index contributed by atoms with van der Waals surface area (Å²) in [5, 5.41) is 1.06. The fraction of sp³-hybridized carbons (Fsp3) is 0.632. The molecular weight excluding hydrogens is 318 g/mol. The van der Waals surface area contributed by atoms with Crippen molar-refractivity contribution in [2.45, 2.75) is 72.9 Å². The summed E-state index contributed by atoms with van der Waals surface area (Å²) in [6.07, 6.45) is 3.08. The van der Waals surface area contributed by atoms with E-state index in [1.807, 2.05) is 13.8 Å². The number of carbonyl (C=O) groups is 1. The van der Waals surface area contributed by atoms with Crippen LogP contribution < -0.4 is 0 Å². The molecule has 1 atom stereocenters. The number of rotatable bonds is 5.